The number of morpholine rings is 1. The summed E-state index contributed by atoms with van der Waals surface area (Å²) >= 11 is 6.03. The molecule has 1 amide bonds. The van der Waals surface area contributed by atoms with E-state index in [1.807, 2.05) is 12.1 Å². The molecule has 10 heteroatoms. The van der Waals surface area contributed by atoms with E-state index < -0.39 is 9.84 Å². The van der Waals surface area contributed by atoms with Crippen LogP contribution in [0.2, 0.25) is 5.02 Å². The molecule has 1 N–H and O–H groups in total. The number of hydrogen-bond acceptors (Lipinski definition) is 6. The van der Waals surface area contributed by atoms with Crippen molar-refractivity contribution in [3.05, 3.63) is 41.0 Å². The van der Waals surface area contributed by atoms with Gasteiger partial charge < -0.3 is 10.1 Å². The SMILES string of the molecule is CC(C)(CNC(=O)c1cc(-c2ccc(Cl)cc2)n([C@H]2CCS(=O)(=O)C2)n1)N1CCOCC1. The highest BCUT2D eigenvalue weighted by atomic mass is 35.5. The minimum Gasteiger partial charge on any atom is -0.379 e. The van der Waals surface area contributed by atoms with Gasteiger partial charge in [0.15, 0.2) is 15.5 Å². The summed E-state index contributed by atoms with van der Waals surface area (Å²) in [6.07, 6.45) is 0.482. The van der Waals surface area contributed by atoms with Gasteiger partial charge in [-0.25, -0.2) is 8.42 Å². The van der Waals surface area contributed by atoms with Crippen LogP contribution in [0.5, 0.6) is 0 Å². The Bertz CT molecular complexity index is 1080. The summed E-state index contributed by atoms with van der Waals surface area (Å²) < 4.78 is 31.2. The summed E-state index contributed by atoms with van der Waals surface area (Å²) in [4.78, 5) is 15.3. The fraction of sp³-hybridized carbons (Fsp3) is 0.545. The summed E-state index contributed by atoms with van der Waals surface area (Å²) in [6, 6.07) is 8.67. The quantitative estimate of drug-likeness (QED) is 0.682. The first-order valence-electron chi connectivity index (χ1n) is 10.8. The van der Waals surface area contributed by atoms with Crippen molar-refractivity contribution in [2.45, 2.75) is 31.8 Å². The van der Waals surface area contributed by atoms with E-state index in [0.717, 1.165) is 18.7 Å². The Morgan fingerprint density at radius 1 is 1.25 bits per heavy atom. The van der Waals surface area contributed by atoms with Crippen molar-refractivity contribution in [2.24, 2.45) is 0 Å². The average molecular weight is 481 g/mol. The number of aromatic nitrogens is 2. The molecule has 0 radical (unpaired) electrons. The molecule has 0 aliphatic carbocycles. The van der Waals surface area contributed by atoms with E-state index in [1.165, 1.54) is 0 Å². The van der Waals surface area contributed by atoms with Gasteiger partial charge in [0.05, 0.1) is 36.5 Å². The van der Waals surface area contributed by atoms with Gasteiger partial charge in [0.2, 0.25) is 0 Å². The zero-order valence-electron chi connectivity index (χ0n) is 18.4. The van der Waals surface area contributed by atoms with Crippen LogP contribution in [0.15, 0.2) is 30.3 Å². The number of nitrogens with zero attached hydrogens (tertiary/aromatic N) is 3. The molecule has 3 heterocycles. The third-order valence-corrected chi connectivity index (χ3v) is 8.21. The molecule has 2 aliphatic rings. The molecule has 32 heavy (non-hydrogen) atoms. The number of sulfone groups is 1. The molecule has 0 saturated carbocycles. The van der Waals surface area contributed by atoms with Crippen molar-refractivity contribution in [1.82, 2.24) is 20.0 Å². The summed E-state index contributed by atoms with van der Waals surface area (Å²) in [7, 11) is -3.10. The maximum absolute atomic E-state index is 13.0. The first kappa shape index (κ1) is 23.2. The van der Waals surface area contributed by atoms with Crippen LogP contribution in [0, 0.1) is 0 Å². The molecular weight excluding hydrogens is 452 g/mol. The van der Waals surface area contributed by atoms with Gasteiger partial charge in [-0.15, -0.1) is 0 Å². The molecule has 0 bridgehead atoms. The lowest BCUT2D eigenvalue weighted by molar-refractivity contribution is -0.00924. The number of carbonyl (C=O) groups is 1. The van der Waals surface area contributed by atoms with Gasteiger partial charge in [0.25, 0.3) is 5.91 Å². The number of benzene rings is 1. The van der Waals surface area contributed by atoms with Gasteiger partial charge in [-0.1, -0.05) is 23.7 Å². The number of halogens is 1. The minimum atomic E-state index is -3.10. The van der Waals surface area contributed by atoms with Crippen molar-refractivity contribution >= 4 is 27.3 Å². The van der Waals surface area contributed by atoms with Gasteiger partial charge >= 0.3 is 0 Å². The monoisotopic (exact) mass is 480 g/mol. The lowest BCUT2D eigenvalue weighted by Gasteiger charge is -2.40. The molecule has 1 aromatic heterocycles. The van der Waals surface area contributed by atoms with Crippen LogP contribution in [0.1, 0.15) is 36.8 Å². The van der Waals surface area contributed by atoms with E-state index in [1.54, 1.807) is 22.9 Å². The molecule has 0 spiro atoms. The number of ether oxygens (including phenoxy) is 1. The molecule has 1 aromatic carbocycles. The highest BCUT2D eigenvalue weighted by Gasteiger charge is 2.33. The Kier molecular flexibility index (Phi) is 6.63. The Hall–Kier alpha value is -1.94. The number of rotatable bonds is 6. The number of amides is 1. The van der Waals surface area contributed by atoms with Crippen LogP contribution in [-0.4, -0.2) is 78.9 Å². The van der Waals surface area contributed by atoms with Crippen LogP contribution in [0.25, 0.3) is 11.3 Å². The van der Waals surface area contributed by atoms with Crippen molar-refractivity contribution in [2.75, 3.05) is 44.4 Å². The van der Waals surface area contributed by atoms with Crippen LogP contribution in [0.4, 0.5) is 0 Å². The fourth-order valence-electron chi connectivity index (χ4n) is 4.26. The number of carbonyl (C=O) groups excluding carboxylic acids is 1. The molecule has 2 aliphatic heterocycles. The lowest BCUT2D eigenvalue weighted by atomic mass is 10.0. The molecular formula is C22H29ClN4O4S. The van der Waals surface area contributed by atoms with Crippen LogP contribution in [0.3, 0.4) is 0 Å². The summed E-state index contributed by atoms with van der Waals surface area (Å²) in [5.74, 6) is -0.117. The van der Waals surface area contributed by atoms with E-state index >= 15 is 0 Å². The second-order valence-electron chi connectivity index (χ2n) is 9.02. The first-order valence-corrected chi connectivity index (χ1v) is 13.0. The predicted octanol–water partition coefficient (Wildman–Crippen LogP) is 2.40. The lowest BCUT2D eigenvalue weighted by Crippen LogP contribution is -2.55. The van der Waals surface area contributed by atoms with Crippen molar-refractivity contribution in [3.63, 3.8) is 0 Å². The molecule has 0 unspecified atom stereocenters. The third kappa shape index (κ3) is 5.17. The largest absolute Gasteiger partial charge is 0.379 e. The smallest absolute Gasteiger partial charge is 0.271 e. The van der Waals surface area contributed by atoms with Crippen molar-refractivity contribution < 1.29 is 17.9 Å². The zero-order valence-corrected chi connectivity index (χ0v) is 20.0. The van der Waals surface area contributed by atoms with Crippen LogP contribution < -0.4 is 5.32 Å². The van der Waals surface area contributed by atoms with Gasteiger partial charge in [0.1, 0.15) is 0 Å². The molecule has 4 rings (SSSR count). The highest BCUT2D eigenvalue weighted by molar-refractivity contribution is 7.91. The summed E-state index contributed by atoms with van der Waals surface area (Å²) in [5, 5.41) is 8.15. The predicted molar refractivity (Wildman–Crippen MR) is 124 cm³/mol. The standard InChI is InChI=1S/C22H29ClN4O4S/c1-22(2,26-8-10-31-11-9-26)15-24-21(28)19-13-20(16-3-5-17(23)6-4-16)27(25-19)18-7-12-32(29,30)14-18/h3-6,13,18H,7-12,14-15H2,1-2H3,(H,24,28)/t18-/m0/s1. The molecule has 2 saturated heterocycles. The summed E-state index contributed by atoms with van der Waals surface area (Å²) in [5.41, 5.74) is 1.60. The molecule has 2 aromatic rings. The second-order valence-corrected chi connectivity index (χ2v) is 11.7. The van der Waals surface area contributed by atoms with Gasteiger partial charge in [-0.05, 0) is 44.0 Å². The Balaban J connectivity index is 1.56. The molecule has 174 valence electrons. The van der Waals surface area contributed by atoms with Crippen molar-refractivity contribution in [1.29, 1.82) is 0 Å². The van der Waals surface area contributed by atoms with E-state index in [-0.39, 0.29) is 34.7 Å². The van der Waals surface area contributed by atoms with E-state index in [0.29, 0.717) is 36.9 Å². The molecule has 8 nitrogen and oxygen atoms in total. The van der Waals surface area contributed by atoms with Crippen molar-refractivity contribution in [3.8, 4) is 11.3 Å². The Morgan fingerprint density at radius 3 is 2.56 bits per heavy atom. The highest BCUT2D eigenvalue weighted by Crippen LogP contribution is 2.30. The van der Waals surface area contributed by atoms with E-state index in [2.05, 4.69) is 29.2 Å². The zero-order chi connectivity index (χ0) is 22.9. The van der Waals surface area contributed by atoms with Gasteiger partial charge in [0, 0.05) is 30.2 Å². The summed E-state index contributed by atoms with van der Waals surface area (Å²) in [6.45, 7) is 7.70. The third-order valence-electron chi connectivity index (χ3n) is 6.21. The van der Waals surface area contributed by atoms with E-state index in [4.69, 9.17) is 16.3 Å². The van der Waals surface area contributed by atoms with Gasteiger partial charge in [-0.3, -0.25) is 14.4 Å². The Morgan fingerprint density at radius 2 is 1.94 bits per heavy atom. The normalized spacial score (nSPS) is 21.5. The topological polar surface area (TPSA) is 93.5 Å². The van der Waals surface area contributed by atoms with Gasteiger partial charge in [-0.2, -0.15) is 5.10 Å². The number of nitrogens with one attached hydrogen (secondary N) is 1. The van der Waals surface area contributed by atoms with E-state index in [9.17, 15) is 13.2 Å². The van der Waals surface area contributed by atoms with Crippen LogP contribution in [-0.2, 0) is 14.6 Å². The second kappa shape index (κ2) is 9.13. The average Bonchev–Trinajstić information content (AvgIpc) is 3.37. The Labute approximate surface area is 193 Å². The maximum Gasteiger partial charge on any atom is 0.271 e. The molecule has 1 atom stereocenters. The minimum absolute atomic E-state index is 0.0282. The van der Waals surface area contributed by atoms with Crippen LogP contribution >= 0.6 is 11.6 Å². The molecule has 2 fully saturated rings. The fourth-order valence-corrected chi connectivity index (χ4v) is 6.07. The first-order chi connectivity index (χ1) is 15.1. The maximum atomic E-state index is 13.0. The number of hydrogen-bond donors (Lipinski definition) is 1.